The summed E-state index contributed by atoms with van der Waals surface area (Å²) < 4.78 is 26.7. The molecule has 0 aliphatic carbocycles. The van der Waals surface area contributed by atoms with Gasteiger partial charge in [-0.3, -0.25) is 0 Å². The highest BCUT2D eigenvalue weighted by Gasteiger charge is 2.21. The van der Waals surface area contributed by atoms with E-state index in [1.807, 2.05) is 48.5 Å². The van der Waals surface area contributed by atoms with Gasteiger partial charge in [-0.2, -0.15) is 0 Å². The summed E-state index contributed by atoms with van der Waals surface area (Å²) in [6.45, 7) is 0. The summed E-state index contributed by atoms with van der Waals surface area (Å²) >= 11 is 0. The molecule has 0 spiro atoms. The molecule has 3 aromatic carbocycles. The second-order valence-electron chi connectivity index (χ2n) is 6.15. The van der Waals surface area contributed by atoms with Gasteiger partial charge in [0.1, 0.15) is 0 Å². The van der Waals surface area contributed by atoms with Crippen LogP contribution < -0.4 is 0 Å². The van der Waals surface area contributed by atoms with E-state index in [4.69, 9.17) is 0 Å². The van der Waals surface area contributed by atoms with Crippen LogP contribution in [0, 0.1) is 0 Å². The highest BCUT2D eigenvalue weighted by Crippen LogP contribution is 2.31. The number of nitrogens with zero attached hydrogens (tertiary/aromatic N) is 1. The third-order valence-electron chi connectivity index (χ3n) is 4.32. The lowest BCUT2D eigenvalue weighted by molar-refractivity contribution is 0.447. The summed E-state index contributed by atoms with van der Waals surface area (Å²) in [7, 11) is -3.74. The minimum absolute atomic E-state index is 0.175. The zero-order valence-corrected chi connectivity index (χ0v) is 14.7. The maximum Gasteiger partial charge on any atom is 0.246 e. The van der Waals surface area contributed by atoms with Crippen molar-refractivity contribution in [1.82, 2.24) is 3.97 Å². The Balaban J connectivity index is 1.80. The van der Waals surface area contributed by atoms with Gasteiger partial charge in [0.25, 0.3) is 0 Å². The molecule has 0 amide bonds. The average molecular weight is 363 g/mol. The first-order valence-electron chi connectivity index (χ1n) is 8.22. The predicted molar refractivity (Wildman–Crippen MR) is 104 cm³/mol. The Bertz CT molecular complexity index is 1160. The third kappa shape index (κ3) is 2.97. The van der Waals surface area contributed by atoms with Gasteiger partial charge < -0.3 is 5.11 Å². The number of aromatic hydroxyl groups is 1. The molecule has 1 aromatic heterocycles. The van der Waals surface area contributed by atoms with Crippen LogP contribution in [0.1, 0.15) is 5.56 Å². The molecule has 26 heavy (non-hydrogen) atoms. The van der Waals surface area contributed by atoms with E-state index in [2.05, 4.69) is 0 Å². The highest BCUT2D eigenvalue weighted by atomic mass is 32.2. The van der Waals surface area contributed by atoms with Crippen LogP contribution in [0.2, 0.25) is 0 Å². The van der Waals surface area contributed by atoms with Crippen LogP contribution in [0.4, 0.5) is 0 Å². The molecular weight excluding hydrogens is 346 g/mol. The van der Waals surface area contributed by atoms with Gasteiger partial charge in [-0.05, 0) is 28.8 Å². The number of aromatic nitrogens is 1. The molecule has 0 aliphatic heterocycles. The fourth-order valence-electron chi connectivity index (χ4n) is 3.13. The lowest BCUT2D eigenvalue weighted by Crippen LogP contribution is -2.14. The molecule has 1 N–H and O–H groups in total. The Hall–Kier alpha value is -3.05. The van der Waals surface area contributed by atoms with Crippen LogP contribution in [-0.2, 0) is 15.8 Å². The van der Waals surface area contributed by atoms with Crippen LogP contribution in [0.3, 0.4) is 0 Å². The van der Waals surface area contributed by atoms with E-state index in [0.717, 1.165) is 15.1 Å². The Morgan fingerprint density at radius 1 is 0.769 bits per heavy atom. The third-order valence-corrected chi connectivity index (χ3v) is 5.95. The van der Waals surface area contributed by atoms with Gasteiger partial charge in [0.2, 0.25) is 15.9 Å². The lowest BCUT2D eigenvalue weighted by atomic mass is 10.0. The fraction of sp³-hybridized carbons (Fsp3) is 0.0476. The number of hydrogen-bond donors (Lipinski definition) is 1. The van der Waals surface area contributed by atoms with Crippen molar-refractivity contribution in [3.8, 4) is 17.0 Å². The van der Waals surface area contributed by atoms with E-state index in [0.29, 0.717) is 16.5 Å². The summed E-state index contributed by atoms with van der Waals surface area (Å²) in [5, 5.41) is 11.0. The van der Waals surface area contributed by atoms with Crippen molar-refractivity contribution in [3.05, 3.63) is 90.5 Å². The molecule has 0 fully saturated rings. The van der Waals surface area contributed by atoms with Gasteiger partial charge >= 0.3 is 0 Å². The molecule has 130 valence electrons. The van der Waals surface area contributed by atoms with Gasteiger partial charge in [0.05, 0.1) is 11.3 Å². The number of benzene rings is 3. The molecule has 4 rings (SSSR count). The largest absolute Gasteiger partial charge is 0.494 e. The number of hydrogen-bond acceptors (Lipinski definition) is 3. The Morgan fingerprint density at radius 2 is 1.42 bits per heavy atom. The molecule has 4 nitrogen and oxygen atoms in total. The molecule has 0 aliphatic rings. The Morgan fingerprint density at radius 3 is 2.12 bits per heavy atom. The van der Waals surface area contributed by atoms with E-state index in [1.54, 1.807) is 30.3 Å². The van der Waals surface area contributed by atoms with Crippen molar-refractivity contribution in [2.75, 3.05) is 0 Å². The minimum Gasteiger partial charge on any atom is -0.494 e. The zero-order chi connectivity index (χ0) is 18.1. The van der Waals surface area contributed by atoms with Gasteiger partial charge in [0.15, 0.2) is 0 Å². The van der Waals surface area contributed by atoms with Crippen molar-refractivity contribution < 1.29 is 13.5 Å². The maximum absolute atomic E-state index is 12.9. The van der Waals surface area contributed by atoms with Crippen molar-refractivity contribution in [2.24, 2.45) is 0 Å². The molecule has 0 unspecified atom stereocenters. The fourth-order valence-corrected chi connectivity index (χ4v) is 4.67. The molecule has 0 saturated heterocycles. The first kappa shape index (κ1) is 16.4. The molecule has 1 heterocycles. The summed E-state index contributed by atoms with van der Waals surface area (Å²) in [4.78, 5) is 0. The zero-order valence-electron chi connectivity index (χ0n) is 13.9. The van der Waals surface area contributed by atoms with E-state index in [1.165, 1.54) is 6.07 Å². The molecule has 0 atom stereocenters. The summed E-state index contributed by atoms with van der Waals surface area (Å²) in [5.41, 5.74) is 3.15. The second kappa shape index (κ2) is 6.35. The van der Waals surface area contributed by atoms with Gasteiger partial charge in [-0.15, -0.1) is 0 Å². The Kier molecular flexibility index (Phi) is 4.01. The predicted octanol–water partition coefficient (Wildman–Crippen LogP) is 4.39. The van der Waals surface area contributed by atoms with Gasteiger partial charge in [-0.25, -0.2) is 12.4 Å². The van der Waals surface area contributed by atoms with Crippen LogP contribution >= 0.6 is 0 Å². The van der Waals surface area contributed by atoms with Gasteiger partial charge in [-0.1, -0.05) is 66.7 Å². The van der Waals surface area contributed by atoms with Gasteiger partial charge in [0, 0.05) is 11.5 Å². The van der Waals surface area contributed by atoms with Crippen molar-refractivity contribution in [1.29, 1.82) is 0 Å². The first-order valence-corrected chi connectivity index (χ1v) is 9.82. The first-order chi connectivity index (χ1) is 12.5. The summed E-state index contributed by atoms with van der Waals surface area (Å²) in [6, 6.07) is 25.8. The van der Waals surface area contributed by atoms with E-state index in [9.17, 15) is 13.5 Å². The number of rotatable bonds is 4. The standard InChI is InChI=1S/C21H17NO3S/c23-21-14-19-13-18(17-9-5-2-6-10-17)11-12-20(19)22(21)26(24,25)15-16-7-3-1-4-8-16/h1-14,23H,15H2. The van der Waals surface area contributed by atoms with E-state index >= 15 is 0 Å². The molecule has 0 bridgehead atoms. The van der Waals surface area contributed by atoms with Crippen molar-refractivity contribution in [2.45, 2.75) is 5.75 Å². The van der Waals surface area contributed by atoms with Crippen LogP contribution in [0.5, 0.6) is 5.88 Å². The lowest BCUT2D eigenvalue weighted by Gasteiger charge is -2.09. The molecule has 5 heteroatoms. The monoisotopic (exact) mass is 363 g/mol. The van der Waals surface area contributed by atoms with Crippen molar-refractivity contribution >= 4 is 20.9 Å². The molecule has 4 aromatic rings. The average Bonchev–Trinajstić information content (AvgIpc) is 2.98. The normalized spacial score (nSPS) is 11.7. The maximum atomic E-state index is 12.9. The van der Waals surface area contributed by atoms with Crippen LogP contribution in [-0.4, -0.2) is 17.5 Å². The summed E-state index contributed by atoms with van der Waals surface area (Å²) in [6.07, 6.45) is 0. The molecule has 0 saturated carbocycles. The van der Waals surface area contributed by atoms with E-state index < -0.39 is 10.0 Å². The minimum atomic E-state index is -3.74. The van der Waals surface area contributed by atoms with Crippen LogP contribution in [0.15, 0.2) is 84.9 Å². The second-order valence-corrected chi connectivity index (χ2v) is 7.97. The Labute approximate surface area is 152 Å². The van der Waals surface area contributed by atoms with Crippen molar-refractivity contribution in [3.63, 3.8) is 0 Å². The summed E-state index contributed by atoms with van der Waals surface area (Å²) in [5.74, 6) is -0.452. The number of fused-ring (bicyclic) bond motifs is 1. The quantitative estimate of drug-likeness (QED) is 0.585. The van der Waals surface area contributed by atoms with Crippen LogP contribution in [0.25, 0.3) is 22.0 Å². The highest BCUT2D eigenvalue weighted by molar-refractivity contribution is 7.89. The topological polar surface area (TPSA) is 59.3 Å². The molecule has 0 radical (unpaired) electrons. The SMILES string of the molecule is O=S(=O)(Cc1ccccc1)n1c(O)cc2cc(-c3ccccc3)ccc21. The van der Waals surface area contributed by atoms with E-state index in [-0.39, 0.29) is 11.6 Å². The molecular formula is C21H17NO3S. The smallest absolute Gasteiger partial charge is 0.246 e.